The van der Waals surface area contributed by atoms with Crippen LogP contribution in [0.3, 0.4) is 0 Å². The van der Waals surface area contributed by atoms with Crippen LogP contribution in [0.5, 0.6) is 0 Å². The van der Waals surface area contributed by atoms with Crippen LogP contribution in [-0.2, 0) is 0 Å². The van der Waals surface area contributed by atoms with Crippen LogP contribution in [0.1, 0.15) is 0 Å². The topological polar surface area (TPSA) is 20.2 Å². The van der Waals surface area contributed by atoms with Crippen molar-refractivity contribution in [3.8, 4) is 0 Å². The summed E-state index contributed by atoms with van der Waals surface area (Å²) in [5.74, 6) is 0. The van der Waals surface area contributed by atoms with Crippen molar-refractivity contribution in [1.82, 2.24) is 0 Å². The standard InChI is InChI=1S/C5H3ClF6O/c6-3(5(10,11)12)2(1-13)4(7,8)9/h13H,1H2/b3-2-. The monoisotopic (exact) mass is 228 g/mol. The molecule has 78 valence electrons. The summed E-state index contributed by atoms with van der Waals surface area (Å²) in [5, 5.41) is 5.69. The molecule has 0 heterocycles. The molecule has 0 saturated heterocycles. The number of rotatable bonds is 1. The fraction of sp³-hybridized carbons (Fsp3) is 0.600. The van der Waals surface area contributed by atoms with Crippen LogP contribution >= 0.6 is 11.6 Å². The molecule has 0 aliphatic carbocycles. The van der Waals surface area contributed by atoms with Crippen LogP contribution in [0.2, 0.25) is 0 Å². The van der Waals surface area contributed by atoms with E-state index in [1.54, 1.807) is 0 Å². The van der Waals surface area contributed by atoms with E-state index in [1.807, 2.05) is 0 Å². The van der Waals surface area contributed by atoms with Gasteiger partial charge in [0.2, 0.25) is 0 Å². The van der Waals surface area contributed by atoms with Crippen molar-refractivity contribution >= 4 is 11.6 Å². The summed E-state index contributed by atoms with van der Waals surface area (Å²) in [6, 6.07) is 0. The maximum Gasteiger partial charge on any atom is 0.427 e. The van der Waals surface area contributed by atoms with Gasteiger partial charge in [0.25, 0.3) is 0 Å². The Morgan fingerprint density at radius 1 is 1.00 bits per heavy atom. The molecule has 0 bridgehead atoms. The lowest BCUT2D eigenvalue weighted by Crippen LogP contribution is -2.22. The number of allylic oxidation sites excluding steroid dienone is 1. The van der Waals surface area contributed by atoms with E-state index in [2.05, 4.69) is 11.6 Å². The Bertz CT molecular complexity index is 214. The van der Waals surface area contributed by atoms with Crippen LogP contribution < -0.4 is 0 Å². The summed E-state index contributed by atoms with van der Waals surface area (Å²) >= 11 is 4.38. The van der Waals surface area contributed by atoms with Gasteiger partial charge in [-0.2, -0.15) is 26.3 Å². The average Bonchev–Trinajstić information content (AvgIpc) is 1.83. The summed E-state index contributed by atoms with van der Waals surface area (Å²) < 4.78 is 69.9. The molecule has 0 aromatic rings. The highest BCUT2D eigenvalue weighted by molar-refractivity contribution is 6.30. The molecule has 0 saturated carbocycles. The van der Waals surface area contributed by atoms with E-state index >= 15 is 0 Å². The Morgan fingerprint density at radius 2 is 1.38 bits per heavy atom. The van der Waals surface area contributed by atoms with Crippen molar-refractivity contribution < 1.29 is 31.4 Å². The highest BCUT2D eigenvalue weighted by Gasteiger charge is 2.44. The van der Waals surface area contributed by atoms with E-state index < -0.39 is 29.6 Å². The minimum absolute atomic E-state index is 1.80. The number of alkyl halides is 6. The first kappa shape index (κ1) is 12.6. The Kier molecular flexibility index (Phi) is 3.62. The van der Waals surface area contributed by atoms with Crippen molar-refractivity contribution in [1.29, 1.82) is 0 Å². The van der Waals surface area contributed by atoms with Crippen LogP contribution in [0.4, 0.5) is 26.3 Å². The van der Waals surface area contributed by atoms with Crippen LogP contribution in [0.25, 0.3) is 0 Å². The first-order valence-corrected chi connectivity index (χ1v) is 3.12. The van der Waals surface area contributed by atoms with E-state index in [0.29, 0.717) is 0 Å². The van der Waals surface area contributed by atoms with E-state index in [4.69, 9.17) is 5.11 Å². The molecular formula is C5H3ClF6O. The Hall–Kier alpha value is -0.430. The molecule has 13 heavy (non-hydrogen) atoms. The van der Waals surface area contributed by atoms with Crippen LogP contribution in [-0.4, -0.2) is 24.1 Å². The van der Waals surface area contributed by atoms with Gasteiger partial charge in [0.1, 0.15) is 5.03 Å². The molecule has 0 unspecified atom stereocenters. The molecule has 1 nitrogen and oxygen atoms in total. The van der Waals surface area contributed by atoms with Gasteiger partial charge >= 0.3 is 12.4 Å². The van der Waals surface area contributed by atoms with Crippen LogP contribution in [0, 0.1) is 0 Å². The normalized spacial score (nSPS) is 15.7. The third-order valence-electron chi connectivity index (χ3n) is 1.01. The van der Waals surface area contributed by atoms with Crippen LogP contribution in [0.15, 0.2) is 10.6 Å². The van der Waals surface area contributed by atoms with Crippen molar-refractivity contribution in [3.63, 3.8) is 0 Å². The van der Waals surface area contributed by atoms with Gasteiger partial charge in [-0.1, -0.05) is 11.6 Å². The SMILES string of the molecule is OC/C(=C(/Cl)C(F)(F)F)C(F)(F)F. The Morgan fingerprint density at radius 3 is 1.46 bits per heavy atom. The van der Waals surface area contributed by atoms with Gasteiger partial charge in [-0.15, -0.1) is 0 Å². The molecule has 0 fully saturated rings. The third-order valence-corrected chi connectivity index (χ3v) is 1.46. The van der Waals surface area contributed by atoms with Gasteiger partial charge in [-0.05, 0) is 0 Å². The number of hydrogen-bond donors (Lipinski definition) is 1. The van der Waals surface area contributed by atoms with Gasteiger partial charge in [0, 0.05) is 0 Å². The van der Waals surface area contributed by atoms with Gasteiger partial charge < -0.3 is 5.11 Å². The fourth-order valence-corrected chi connectivity index (χ4v) is 0.621. The number of hydrogen-bond acceptors (Lipinski definition) is 1. The smallest absolute Gasteiger partial charge is 0.392 e. The summed E-state index contributed by atoms with van der Waals surface area (Å²) in [5.41, 5.74) is -2.19. The highest BCUT2D eigenvalue weighted by Crippen LogP contribution is 2.37. The zero-order chi connectivity index (χ0) is 10.9. The van der Waals surface area contributed by atoms with E-state index in [0.717, 1.165) is 0 Å². The molecule has 0 amide bonds. The number of aliphatic hydroxyl groups is 1. The minimum Gasteiger partial charge on any atom is -0.392 e. The third kappa shape index (κ3) is 3.43. The largest absolute Gasteiger partial charge is 0.427 e. The second-order valence-electron chi connectivity index (χ2n) is 1.95. The molecular weight excluding hydrogens is 225 g/mol. The molecule has 0 aliphatic rings. The van der Waals surface area contributed by atoms with Crippen molar-refractivity contribution in [2.45, 2.75) is 12.4 Å². The lowest BCUT2D eigenvalue weighted by Gasteiger charge is -2.13. The predicted octanol–water partition coefficient (Wildman–Crippen LogP) is 2.60. The minimum atomic E-state index is -5.30. The maximum atomic E-state index is 11.7. The summed E-state index contributed by atoms with van der Waals surface area (Å²) in [7, 11) is 0. The van der Waals surface area contributed by atoms with Gasteiger partial charge in [0.15, 0.2) is 0 Å². The molecule has 1 N–H and O–H groups in total. The molecule has 0 spiro atoms. The second-order valence-corrected chi connectivity index (χ2v) is 2.32. The van der Waals surface area contributed by atoms with Crippen molar-refractivity contribution in [3.05, 3.63) is 10.6 Å². The molecule has 0 atom stereocenters. The molecule has 0 rings (SSSR count). The first-order chi connectivity index (χ1) is 5.60. The van der Waals surface area contributed by atoms with E-state index in [-0.39, 0.29) is 0 Å². The number of halogens is 7. The zero-order valence-corrected chi connectivity index (χ0v) is 6.56. The Balaban J connectivity index is 5.16. The molecule has 0 aromatic carbocycles. The molecule has 0 aliphatic heterocycles. The Labute approximate surface area is 73.6 Å². The quantitative estimate of drug-likeness (QED) is 0.684. The number of aliphatic hydroxyl groups excluding tert-OH is 1. The van der Waals surface area contributed by atoms with E-state index in [1.165, 1.54) is 0 Å². The zero-order valence-electron chi connectivity index (χ0n) is 5.80. The molecule has 8 heteroatoms. The van der Waals surface area contributed by atoms with Crippen molar-refractivity contribution in [2.75, 3.05) is 6.61 Å². The molecule has 0 radical (unpaired) electrons. The fourth-order valence-electron chi connectivity index (χ4n) is 0.455. The van der Waals surface area contributed by atoms with E-state index in [9.17, 15) is 26.3 Å². The summed E-state index contributed by atoms with van der Waals surface area (Å²) in [6.07, 6.45) is -10.6. The van der Waals surface area contributed by atoms with Crippen molar-refractivity contribution in [2.24, 2.45) is 0 Å². The lowest BCUT2D eigenvalue weighted by atomic mass is 10.2. The predicted molar refractivity (Wildman–Crippen MR) is 32.1 cm³/mol. The first-order valence-electron chi connectivity index (χ1n) is 2.74. The lowest BCUT2D eigenvalue weighted by molar-refractivity contribution is -0.115. The summed E-state index contributed by atoms with van der Waals surface area (Å²) in [4.78, 5) is 0. The highest BCUT2D eigenvalue weighted by atomic mass is 35.5. The second kappa shape index (κ2) is 3.75. The van der Waals surface area contributed by atoms with Gasteiger partial charge in [-0.25, -0.2) is 0 Å². The summed E-state index contributed by atoms with van der Waals surface area (Å²) in [6.45, 7) is -1.80. The molecule has 0 aromatic heterocycles. The average molecular weight is 229 g/mol. The maximum absolute atomic E-state index is 11.7. The van der Waals surface area contributed by atoms with Gasteiger partial charge in [0.05, 0.1) is 12.2 Å². The van der Waals surface area contributed by atoms with Gasteiger partial charge in [-0.3, -0.25) is 0 Å².